The van der Waals surface area contributed by atoms with Crippen LogP contribution in [0.15, 0.2) is 164 Å². The summed E-state index contributed by atoms with van der Waals surface area (Å²) < 4.78 is 11.0. The largest absolute Gasteiger partial charge is 0.466 e. The van der Waals surface area contributed by atoms with E-state index in [-0.39, 0.29) is 54.0 Å². The summed E-state index contributed by atoms with van der Waals surface area (Å²) >= 11 is 37.0. The van der Waals surface area contributed by atoms with E-state index >= 15 is 0 Å². The van der Waals surface area contributed by atoms with Crippen LogP contribution in [0.3, 0.4) is 0 Å². The molecule has 0 saturated carbocycles. The van der Waals surface area contributed by atoms with Gasteiger partial charge in [-0.05, 0) is 210 Å². The smallest absolute Gasteiger partial charge is 0.302 e. The van der Waals surface area contributed by atoms with Crippen LogP contribution in [0.2, 0.25) is 30.1 Å². The lowest BCUT2D eigenvalue weighted by Gasteiger charge is -2.45. The standard InChI is InChI=1S/2C30H33Cl2N3O3.C28H31Cl2N3O2/c2*1-20(36)38-19-25-18-35(11-8-22(25)14-21-6-7-27(31)28(32)15-21)26-9-12-34(13-10-26)30(37)24-16-23-4-2-3-5-29(23)33-17-24;29-25-6-5-19(14-26(25)30)13-20-7-10-33(17-23(20)18-34)24-8-11-32(12-9-24)28(35)22-15-21-3-1-2-4-27(21)31-16-22/h2*2-7,15-17,22,25-26H,8-14,18-19H2,1H3;1-6,14-16,20,23-24,34H,7-13,17-18H2/t2*22?,25-;20?,23-/m000/s1. The minimum atomic E-state index is -0.245. The van der Waals surface area contributed by atoms with E-state index in [0.717, 1.165) is 199 Å². The minimum absolute atomic E-state index is 0.0507. The van der Waals surface area contributed by atoms with Gasteiger partial charge in [0.25, 0.3) is 17.7 Å². The van der Waals surface area contributed by atoms with Crippen molar-refractivity contribution >= 4 is 132 Å². The summed E-state index contributed by atoms with van der Waals surface area (Å²) in [4.78, 5) is 89.6. The van der Waals surface area contributed by atoms with Crippen molar-refractivity contribution in [3.05, 3.63) is 228 Å². The molecular formula is C88H97Cl6N9O8. The van der Waals surface area contributed by atoms with E-state index in [1.807, 2.05) is 160 Å². The number of halogens is 6. The predicted molar refractivity (Wildman–Crippen MR) is 442 cm³/mol. The highest BCUT2D eigenvalue weighted by Gasteiger charge is 2.39. The molecule has 584 valence electrons. The highest BCUT2D eigenvalue weighted by Crippen LogP contribution is 2.38. The van der Waals surface area contributed by atoms with E-state index in [9.17, 15) is 29.1 Å². The van der Waals surface area contributed by atoms with Gasteiger partial charge in [0, 0.05) is 144 Å². The average Bonchev–Trinajstić information content (AvgIpc) is 0.822. The summed E-state index contributed by atoms with van der Waals surface area (Å²) in [5.41, 5.74) is 8.13. The van der Waals surface area contributed by atoms with E-state index in [2.05, 4.69) is 29.7 Å². The number of hydrogen-bond donors (Lipinski definition) is 1. The molecule has 9 aromatic rings. The highest BCUT2D eigenvalue weighted by atomic mass is 35.5. The first-order valence-electron chi connectivity index (χ1n) is 39.1. The number of amides is 3. The number of aliphatic hydroxyl groups is 1. The van der Waals surface area contributed by atoms with Gasteiger partial charge in [0.1, 0.15) is 0 Å². The third-order valence-corrected chi connectivity index (χ3v) is 26.0. The minimum Gasteiger partial charge on any atom is -0.466 e. The maximum atomic E-state index is 13.2. The molecule has 6 aliphatic heterocycles. The second-order valence-corrected chi connectivity index (χ2v) is 33.3. The van der Waals surface area contributed by atoms with Gasteiger partial charge in [-0.3, -0.25) is 53.6 Å². The lowest BCUT2D eigenvalue weighted by Crippen LogP contribution is -2.52. The fourth-order valence-electron chi connectivity index (χ4n) is 17.5. The molecule has 17 nitrogen and oxygen atoms in total. The second-order valence-electron chi connectivity index (χ2n) is 30.9. The Balaban J connectivity index is 0.000000146. The molecule has 6 aliphatic rings. The number of fused-ring (bicyclic) bond motifs is 3. The lowest BCUT2D eigenvalue weighted by molar-refractivity contribution is -0.144. The lowest BCUT2D eigenvalue weighted by atomic mass is 9.80. The van der Waals surface area contributed by atoms with E-state index in [1.165, 1.54) is 19.4 Å². The first-order valence-corrected chi connectivity index (χ1v) is 41.4. The number of benzene rings is 6. The number of hydrogen-bond acceptors (Lipinski definition) is 14. The number of nitrogens with zero attached hydrogens (tertiary/aromatic N) is 9. The van der Waals surface area contributed by atoms with Gasteiger partial charge in [-0.15, -0.1) is 0 Å². The van der Waals surface area contributed by atoms with Crippen molar-refractivity contribution in [3.8, 4) is 0 Å². The number of esters is 2. The maximum Gasteiger partial charge on any atom is 0.302 e. The molecule has 3 unspecified atom stereocenters. The van der Waals surface area contributed by atoms with Crippen molar-refractivity contribution in [1.29, 1.82) is 0 Å². The Labute approximate surface area is 680 Å². The maximum absolute atomic E-state index is 13.2. The van der Waals surface area contributed by atoms with Gasteiger partial charge in [0.2, 0.25) is 0 Å². The molecule has 3 aromatic heterocycles. The molecule has 6 fully saturated rings. The Kier molecular flexibility index (Phi) is 28.3. The van der Waals surface area contributed by atoms with Crippen molar-refractivity contribution in [1.82, 2.24) is 44.4 Å². The first-order chi connectivity index (χ1) is 53.7. The van der Waals surface area contributed by atoms with Crippen molar-refractivity contribution in [3.63, 3.8) is 0 Å². The SMILES string of the molecule is CC(=O)OC[C@@H]1CN(C2CCN(C(=O)c3cnc4ccccc4c3)CC2)CCC1Cc1ccc(Cl)c(Cl)c1.CC(=O)OC[C@@H]1CN(C2CCN(C(=O)c3cnc4ccccc4c3)CC2)CCC1Cc1ccc(Cl)c(Cl)c1.O=C(c1cnc2ccccc2c1)N1CCC(N2CCC(Cc3ccc(Cl)c(Cl)c3)[C@H](CO)C2)CC1. The normalized spacial score (nSPS) is 21.3. The van der Waals surface area contributed by atoms with Crippen LogP contribution in [0.25, 0.3) is 32.7 Å². The number of carbonyl (C=O) groups is 5. The monoisotopic (exact) mass is 1620 g/mol. The van der Waals surface area contributed by atoms with Crippen molar-refractivity contribution < 1.29 is 38.6 Å². The third-order valence-electron chi connectivity index (χ3n) is 23.8. The van der Waals surface area contributed by atoms with Gasteiger partial charge >= 0.3 is 11.9 Å². The number of likely N-dealkylation sites (tertiary alicyclic amines) is 6. The van der Waals surface area contributed by atoms with Crippen LogP contribution in [0.1, 0.15) is 119 Å². The molecule has 6 aromatic carbocycles. The summed E-state index contributed by atoms with van der Waals surface area (Å²) in [5, 5.41) is 16.5. The molecular weight excluding hydrogens is 1520 g/mol. The predicted octanol–water partition coefficient (Wildman–Crippen LogP) is 17.1. The number of ether oxygens (including phenoxy) is 2. The molecule has 111 heavy (non-hydrogen) atoms. The van der Waals surface area contributed by atoms with E-state index < -0.39 is 0 Å². The fourth-order valence-corrected chi connectivity index (χ4v) is 18.4. The van der Waals surface area contributed by atoms with Gasteiger partial charge in [0.15, 0.2) is 0 Å². The molecule has 1 N–H and O–H groups in total. The summed E-state index contributed by atoms with van der Waals surface area (Å²) in [5.74, 6) is 1.61. The third kappa shape index (κ3) is 21.3. The Morgan fingerprint density at radius 1 is 0.360 bits per heavy atom. The number of aliphatic hydroxyl groups excluding tert-OH is 1. The van der Waals surface area contributed by atoms with E-state index in [0.29, 0.717) is 95.9 Å². The summed E-state index contributed by atoms with van der Waals surface area (Å²) in [7, 11) is 0. The molecule has 0 radical (unpaired) electrons. The van der Waals surface area contributed by atoms with Gasteiger partial charge < -0.3 is 29.3 Å². The topological polar surface area (TPSA) is 182 Å². The summed E-state index contributed by atoms with van der Waals surface area (Å²) in [6.45, 7) is 14.1. The van der Waals surface area contributed by atoms with Crippen LogP contribution in [0.4, 0.5) is 0 Å². The zero-order valence-corrected chi connectivity index (χ0v) is 67.5. The number of piperidine rings is 6. The van der Waals surface area contributed by atoms with Crippen LogP contribution in [0, 0.1) is 35.5 Å². The number of para-hydroxylation sites is 3. The molecule has 0 aliphatic carbocycles. The Morgan fingerprint density at radius 3 is 0.937 bits per heavy atom. The van der Waals surface area contributed by atoms with Crippen molar-refractivity contribution in [2.75, 3.05) is 98.4 Å². The first kappa shape index (κ1) is 81.5. The van der Waals surface area contributed by atoms with Crippen LogP contribution in [-0.4, -0.2) is 196 Å². The summed E-state index contributed by atoms with van der Waals surface area (Å²) in [6, 6.07) is 48.2. The quantitative estimate of drug-likeness (QED) is 0.0850. The van der Waals surface area contributed by atoms with Gasteiger partial charge in [0.05, 0.1) is 76.6 Å². The number of rotatable bonds is 17. The van der Waals surface area contributed by atoms with Crippen LogP contribution in [-0.2, 0) is 38.3 Å². The highest BCUT2D eigenvalue weighted by molar-refractivity contribution is 6.43. The Bertz CT molecular complexity index is 4540. The zero-order valence-electron chi connectivity index (χ0n) is 63.0. The molecule has 9 heterocycles. The van der Waals surface area contributed by atoms with Crippen LogP contribution in [0.5, 0.6) is 0 Å². The number of carbonyl (C=O) groups excluding carboxylic acids is 5. The molecule has 3 amide bonds. The Hall–Kier alpha value is -7.52. The molecule has 6 atom stereocenters. The molecule has 0 spiro atoms. The molecule has 23 heteroatoms. The molecule has 6 saturated heterocycles. The van der Waals surface area contributed by atoms with Crippen LogP contribution < -0.4 is 0 Å². The van der Waals surface area contributed by atoms with Gasteiger partial charge in [-0.1, -0.05) is 142 Å². The van der Waals surface area contributed by atoms with E-state index in [4.69, 9.17) is 79.1 Å². The van der Waals surface area contributed by atoms with Gasteiger partial charge in [-0.25, -0.2) is 0 Å². The molecule has 0 bridgehead atoms. The fraction of sp³-hybridized carbons (Fsp3) is 0.432. The average molecular weight is 1620 g/mol. The number of pyridine rings is 3. The zero-order chi connectivity index (χ0) is 77.7. The second kappa shape index (κ2) is 38.5. The number of aromatic nitrogens is 3. The van der Waals surface area contributed by atoms with E-state index in [1.54, 1.807) is 18.6 Å². The molecule has 15 rings (SSSR count). The Morgan fingerprint density at radius 2 is 0.649 bits per heavy atom. The van der Waals surface area contributed by atoms with Crippen molar-refractivity contribution in [2.24, 2.45) is 35.5 Å². The van der Waals surface area contributed by atoms with Crippen molar-refractivity contribution in [2.45, 2.75) is 109 Å². The summed E-state index contributed by atoms with van der Waals surface area (Å²) in [6.07, 6.45) is 16.5. The van der Waals surface area contributed by atoms with Crippen LogP contribution >= 0.6 is 69.6 Å². The van der Waals surface area contributed by atoms with Gasteiger partial charge in [-0.2, -0.15) is 0 Å².